The van der Waals surface area contributed by atoms with E-state index in [0.717, 1.165) is 18.0 Å². The van der Waals surface area contributed by atoms with Gasteiger partial charge in [-0.1, -0.05) is 11.6 Å². The highest BCUT2D eigenvalue weighted by Crippen LogP contribution is 2.20. The van der Waals surface area contributed by atoms with Gasteiger partial charge in [0.15, 0.2) is 6.04 Å². The molecule has 0 spiro atoms. The SMILES string of the molecule is CC(=O)N1CC[NH+]([C@H](C)C(=O)Nc2ccc(C#N)c(Cl)c2)CC1. The molecule has 1 aliphatic rings. The van der Waals surface area contributed by atoms with Crippen LogP contribution in [-0.4, -0.2) is 48.9 Å². The predicted octanol–water partition coefficient (Wildman–Crippen LogP) is 0.286. The molecule has 0 bridgehead atoms. The van der Waals surface area contributed by atoms with Gasteiger partial charge in [-0.05, 0) is 25.1 Å². The van der Waals surface area contributed by atoms with Gasteiger partial charge in [0.25, 0.3) is 5.91 Å². The standard InChI is InChI=1S/C16H19ClN4O2/c1-11(20-5-7-21(8-6-20)12(2)22)16(23)19-14-4-3-13(10-18)15(17)9-14/h3-4,9,11H,5-8H2,1-2H3,(H,19,23)/p+1/t11-/m1/s1. The Kier molecular flexibility index (Phi) is 5.59. The van der Waals surface area contributed by atoms with Gasteiger partial charge >= 0.3 is 0 Å². The summed E-state index contributed by atoms with van der Waals surface area (Å²) in [5.74, 6) is -0.0228. The van der Waals surface area contributed by atoms with E-state index in [1.165, 1.54) is 0 Å². The molecule has 0 aromatic heterocycles. The number of nitriles is 1. The molecule has 1 fully saturated rings. The van der Waals surface area contributed by atoms with Crippen molar-refractivity contribution < 1.29 is 14.5 Å². The number of piperazine rings is 1. The van der Waals surface area contributed by atoms with Crippen LogP contribution in [0.5, 0.6) is 0 Å². The molecule has 1 saturated heterocycles. The van der Waals surface area contributed by atoms with E-state index in [0.29, 0.717) is 29.4 Å². The van der Waals surface area contributed by atoms with Gasteiger partial charge in [0, 0.05) is 12.6 Å². The van der Waals surface area contributed by atoms with Crippen LogP contribution >= 0.6 is 11.6 Å². The van der Waals surface area contributed by atoms with Crippen molar-refractivity contribution in [3.8, 4) is 6.07 Å². The molecule has 1 aromatic rings. The summed E-state index contributed by atoms with van der Waals surface area (Å²) in [6, 6.07) is 6.59. The summed E-state index contributed by atoms with van der Waals surface area (Å²) >= 11 is 5.97. The first-order valence-corrected chi connectivity index (χ1v) is 7.90. The van der Waals surface area contributed by atoms with Gasteiger partial charge in [-0.3, -0.25) is 9.59 Å². The van der Waals surface area contributed by atoms with Crippen molar-refractivity contribution in [3.63, 3.8) is 0 Å². The third-order valence-corrected chi connectivity index (χ3v) is 4.53. The maximum absolute atomic E-state index is 12.4. The second-order valence-corrected chi connectivity index (χ2v) is 6.09. The van der Waals surface area contributed by atoms with Crippen molar-refractivity contribution in [3.05, 3.63) is 28.8 Å². The zero-order valence-corrected chi connectivity index (χ0v) is 14.0. The van der Waals surface area contributed by atoms with Gasteiger partial charge < -0.3 is 15.1 Å². The van der Waals surface area contributed by atoms with Gasteiger partial charge in [0.1, 0.15) is 6.07 Å². The first-order valence-electron chi connectivity index (χ1n) is 7.53. The fourth-order valence-electron chi connectivity index (χ4n) is 2.66. The third-order valence-electron chi connectivity index (χ3n) is 4.21. The minimum Gasteiger partial charge on any atom is -0.332 e. The number of amides is 2. The Hall–Kier alpha value is -2.10. The summed E-state index contributed by atoms with van der Waals surface area (Å²) < 4.78 is 0. The van der Waals surface area contributed by atoms with E-state index in [9.17, 15) is 9.59 Å². The molecule has 1 heterocycles. The van der Waals surface area contributed by atoms with E-state index >= 15 is 0 Å². The van der Waals surface area contributed by atoms with E-state index in [2.05, 4.69) is 5.32 Å². The molecule has 1 atom stereocenters. The summed E-state index contributed by atoms with van der Waals surface area (Å²) in [5.41, 5.74) is 0.955. The molecule has 1 aromatic carbocycles. The van der Waals surface area contributed by atoms with Crippen LogP contribution in [0.4, 0.5) is 5.69 Å². The molecule has 0 aliphatic carbocycles. The summed E-state index contributed by atoms with van der Waals surface area (Å²) in [6.45, 7) is 6.29. The highest BCUT2D eigenvalue weighted by molar-refractivity contribution is 6.32. The van der Waals surface area contributed by atoms with Gasteiger partial charge in [0.2, 0.25) is 5.91 Å². The maximum Gasteiger partial charge on any atom is 0.282 e. The van der Waals surface area contributed by atoms with Crippen LogP contribution in [0.1, 0.15) is 19.4 Å². The minimum absolute atomic E-state index is 0.0772. The first-order chi connectivity index (χ1) is 10.9. The lowest BCUT2D eigenvalue weighted by Gasteiger charge is -2.34. The summed E-state index contributed by atoms with van der Waals surface area (Å²) in [5, 5.41) is 12.0. The van der Waals surface area contributed by atoms with Crippen LogP contribution in [0, 0.1) is 11.3 Å². The number of anilines is 1. The summed E-state index contributed by atoms with van der Waals surface area (Å²) in [6.07, 6.45) is 0. The van der Waals surface area contributed by atoms with Gasteiger partial charge in [-0.25, -0.2) is 0 Å². The summed E-state index contributed by atoms with van der Waals surface area (Å²) in [4.78, 5) is 26.7. The first kappa shape index (κ1) is 17.3. The average molecular weight is 336 g/mol. The molecule has 0 radical (unpaired) electrons. The van der Waals surface area contributed by atoms with E-state index in [1.54, 1.807) is 30.0 Å². The topological polar surface area (TPSA) is 77.6 Å². The molecule has 2 rings (SSSR count). The smallest absolute Gasteiger partial charge is 0.282 e. The van der Waals surface area contributed by atoms with Crippen LogP contribution in [0.15, 0.2) is 18.2 Å². The predicted molar refractivity (Wildman–Crippen MR) is 87.2 cm³/mol. The van der Waals surface area contributed by atoms with E-state index < -0.39 is 0 Å². The number of hydrogen-bond acceptors (Lipinski definition) is 3. The Morgan fingerprint density at radius 3 is 2.57 bits per heavy atom. The lowest BCUT2D eigenvalue weighted by atomic mass is 10.2. The quantitative estimate of drug-likeness (QED) is 0.833. The molecule has 0 unspecified atom stereocenters. The molecule has 122 valence electrons. The van der Waals surface area contributed by atoms with Gasteiger partial charge in [0.05, 0.1) is 36.8 Å². The van der Waals surface area contributed by atoms with Crippen LogP contribution in [0.2, 0.25) is 5.02 Å². The maximum atomic E-state index is 12.4. The van der Waals surface area contributed by atoms with Crippen LogP contribution in [0.25, 0.3) is 0 Å². The number of rotatable bonds is 3. The zero-order chi connectivity index (χ0) is 17.0. The Bertz CT molecular complexity index is 648. The number of carbonyl (C=O) groups is 2. The van der Waals surface area contributed by atoms with Crippen molar-refractivity contribution in [2.45, 2.75) is 19.9 Å². The van der Waals surface area contributed by atoms with E-state index in [-0.39, 0.29) is 17.9 Å². The van der Waals surface area contributed by atoms with Gasteiger partial charge in [-0.15, -0.1) is 0 Å². The lowest BCUT2D eigenvalue weighted by molar-refractivity contribution is -0.917. The van der Waals surface area contributed by atoms with Crippen molar-refractivity contribution in [2.75, 3.05) is 31.5 Å². The minimum atomic E-state index is -0.224. The fourth-order valence-corrected chi connectivity index (χ4v) is 2.88. The molecule has 0 saturated carbocycles. The van der Waals surface area contributed by atoms with E-state index in [4.69, 9.17) is 16.9 Å². The monoisotopic (exact) mass is 335 g/mol. The highest BCUT2D eigenvalue weighted by atomic mass is 35.5. The molecular weight excluding hydrogens is 316 g/mol. The third kappa shape index (κ3) is 4.21. The summed E-state index contributed by atoms with van der Waals surface area (Å²) in [7, 11) is 0. The van der Waals surface area contributed by atoms with Crippen molar-refractivity contribution in [1.82, 2.24) is 4.90 Å². The molecule has 2 amide bonds. The number of nitrogens with zero attached hydrogens (tertiary/aromatic N) is 2. The Labute approximate surface area is 140 Å². The Morgan fingerprint density at radius 1 is 1.39 bits per heavy atom. The number of benzene rings is 1. The fraction of sp³-hybridized carbons (Fsp3) is 0.438. The second kappa shape index (κ2) is 7.44. The Balaban J connectivity index is 1.94. The van der Waals surface area contributed by atoms with Crippen molar-refractivity contribution in [1.29, 1.82) is 5.26 Å². The number of carbonyl (C=O) groups excluding carboxylic acids is 2. The number of hydrogen-bond donors (Lipinski definition) is 2. The number of nitrogens with one attached hydrogen (secondary N) is 2. The molecule has 2 N–H and O–H groups in total. The average Bonchev–Trinajstić information content (AvgIpc) is 2.54. The zero-order valence-electron chi connectivity index (χ0n) is 13.2. The lowest BCUT2D eigenvalue weighted by Crippen LogP contribution is -3.19. The molecule has 23 heavy (non-hydrogen) atoms. The van der Waals surface area contributed by atoms with Crippen LogP contribution in [-0.2, 0) is 9.59 Å². The molecule has 1 aliphatic heterocycles. The highest BCUT2D eigenvalue weighted by Gasteiger charge is 2.29. The van der Waals surface area contributed by atoms with E-state index in [1.807, 2.05) is 13.0 Å². The number of halogens is 1. The van der Waals surface area contributed by atoms with Crippen LogP contribution < -0.4 is 10.2 Å². The second-order valence-electron chi connectivity index (χ2n) is 5.68. The molecule has 6 nitrogen and oxygen atoms in total. The van der Waals surface area contributed by atoms with Crippen molar-refractivity contribution >= 4 is 29.1 Å². The number of quaternary nitrogens is 1. The largest absolute Gasteiger partial charge is 0.332 e. The normalized spacial score (nSPS) is 16.5. The van der Waals surface area contributed by atoms with Crippen LogP contribution in [0.3, 0.4) is 0 Å². The molecular formula is C16H20ClN4O2+. The molecule has 7 heteroatoms. The van der Waals surface area contributed by atoms with Crippen molar-refractivity contribution in [2.24, 2.45) is 0 Å². The van der Waals surface area contributed by atoms with Gasteiger partial charge in [-0.2, -0.15) is 5.26 Å². The Morgan fingerprint density at radius 2 is 2.04 bits per heavy atom.